The van der Waals surface area contributed by atoms with Crippen LogP contribution in [0, 0.1) is 0 Å². The second-order valence-corrected chi connectivity index (χ2v) is 4.16. The van der Waals surface area contributed by atoms with E-state index in [9.17, 15) is 15.0 Å². The van der Waals surface area contributed by atoms with Crippen LogP contribution in [0.5, 0.6) is 0 Å². The zero-order chi connectivity index (χ0) is 13.3. The first-order valence-electron chi connectivity index (χ1n) is 5.18. The molecule has 1 aromatic heterocycles. The number of halogens is 1. The van der Waals surface area contributed by atoms with Gasteiger partial charge in [0, 0.05) is 5.39 Å². The Balaban J connectivity index is 2.48. The Bertz CT molecular complexity index is 583. The van der Waals surface area contributed by atoms with E-state index in [-0.39, 0.29) is 11.6 Å². The van der Waals surface area contributed by atoms with Gasteiger partial charge in [0.1, 0.15) is 6.10 Å². The van der Waals surface area contributed by atoms with Gasteiger partial charge in [-0.3, -0.25) is 5.10 Å². The highest BCUT2D eigenvalue weighted by atomic mass is 35.5. The first-order valence-corrected chi connectivity index (χ1v) is 5.71. The van der Waals surface area contributed by atoms with Crippen molar-refractivity contribution in [3.8, 4) is 0 Å². The number of alkyl halides is 1. The van der Waals surface area contributed by atoms with E-state index in [2.05, 4.69) is 10.2 Å². The molecule has 0 fully saturated rings. The maximum atomic E-state index is 10.9. The molecule has 2 atom stereocenters. The molecule has 0 aliphatic carbocycles. The number of H-pyrrole nitrogens is 1. The summed E-state index contributed by atoms with van der Waals surface area (Å²) in [5, 5.41) is 34.8. The van der Waals surface area contributed by atoms with Crippen molar-refractivity contribution < 1.29 is 20.1 Å². The molecule has 0 aliphatic rings. The maximum absolute atomic E-state index is 10.9. The standard InChI is InChI=1S/C11H11ClN2O4/c12-4-8(15)10(16)5-1-2-7-6(3-5)9(11(17)18)14-13-7/h1-3,8,10,15-16H,4H2,(H,13,14)(H,17,18). The minimum absolute atomic E-state index is 0.115. The van der Waals surface area contributed by atoms with E-state index < -0.39 is 18.2 Å². The summed E-state index contributed by atoms with van der Waals surface area (Å²) in [6, 6.07) is 4.64. The van der Waals surface area contributed by atoms with E-state index >= 15 is 0 Å². The van der Waals surface area contributed by atoms with Crippen molar-refractivity contribution >= 4 is 28.5 Å². The lowest BCUT2D eigenvalue weighted by atomic mass is 10.0. The quantitative estimate of drug-likeness (QED) is 0.618. The van der Waals surface area contributed by atoms with Gasteiger partial charge in [-0.2, -0.15) is 5.10 Å². The second-order valence-electron chi connectivity index (χ2n) is 3.85. The first kappa shape index (κ1) is 12.8. The normalized spacial score (nSPS) is 14.6. The molecule has 4 N–H and O–H groups in total. The summed E-state index contributed by atoms with van der Waals surface area (Å²) in [4.78, 5) is 10.9. The predicted octanol–water partition coefficient (Wildman–Crippen LogP) is 0.894. The number of nitrogens with zero attached hydrogens (tertiary/aromatic N) is 1. The van der Waals surface area contributed by atoms with Gasteiger partial charge >= 0.3 is 5.97 Å². The highest BCUT2D eigenvalue weighted by Gasteiger charge is 2.20. The van der Waals surface area contributed by atoms with Gasteiger partial charge in [-0.15, -0.1) is 11.6 Å². The zero-order valence-corrected chi connectivity index (χ0v) is 9.92. The number of carboxylic acids is 1. The second kappa shape index (κ2) is 4.93. The number of hydrogen-bond donors (Lipinski definition) is 4. The summed E-state index contributed by atoms with van der Waals surface area (Å²) in [6.45, 7) is 0. The molecule has 7 heteroatoms. The zero-order valence-electron chi connectivity index (χ0n) is 9.17. The Morgan fingerprint density at radius 3 is 2.78 bits per heavy atom. The Labute approximate surface area is 107 Å². The summed E-state index contributed by atoms with van der Waals surface area (Å²) in [5.74, 6) is -1.28. The number of aromatic carboxylic acids is 1. The number of hydrogen-bond acceptors (Lipinski definition) is 4. The van der Waals surface area contributed by atoms with Crippen molar-refractivity contribution in [3.05, 3.63) is 29.5 Å². The number of nitrogens with one attached hydrogen (secondary N) is 1. The minimum atomic E-state index is -1.16. The van der Waals surface area contributed by atoms with Crippen LogP contribution >= 0.6 is 11.6 Å². The average molecular weight is 271 g/mol. The molecular weight excluding hydrogens is 260 g/mol. The lowest BCUT2D eigenvalue weighted by Crippen LogP contribution is -2.19. The fourth-order valence-corrected chi connectivity index (χ4v) is 1.85. The van der Waals surface area contributed by atoms with Gasteiger partial charge in [0.05, 0.1) is 17.5 Å². The number of fused-ring (bicyclic) bond motifs is 1. The average Bonchev–Trinajstić information content (AvgIpc) is 2.79. The number of aliphatic hydroxyl groups is 2. The van der Waals surface area contributed by atoms with Crippen LogP contribution in [0.4, 0.5) is 0 Å². The molecule has 0 aliphatic heterocycles. The van der Waals surface area contributed by atoms with E-state index in [1.807, 2.05) is 0 Å². The number of benzene rings is 1. The Morgan fingerprint density at radius 2 is 2.17 bits per heavy atom. The first-order chi connectivity index (χ1) is 8.54. The summed E-state index contributed by atoms with van der Waals surface area (Å²) in [5.41, 5.74) is 0.808. The van der Waals surface area contributed by atoms with E-state index in [0.29, 0.717) is 16.5 Å². The number of aliphatic hydroxyl groups excluding tert-OH is 2. The molecule has 0 saturated heterocycles. The van der Waals surface area contributed by atoms with Crippen LogP contribution in [-0.2, 0) is 0 Å². The SMILES string of the molecule is O=C(O)c1n[nH]c2ccc(C(O)C(O)CCl)cc12. The lowest BCUT2D eigenvalue weighted by Gasteiger charge is -2.15. The molecular formula is C11H11ClN2O4. The van der Waals surface area contributed by atoms with E-state index in [1.54, 1.807) is 12.1 Å². The molecule has 2 rings (SSSR count). The van der Waals surface area contributed by atoms with Gasteiger partial charge in [-0.25, -0.2) is 4.79 Å². The lowest BCUT2D eigenvalue weighted by molar-refractivity contribution is 0.0328. The molecule has 0 saturated carbocycles. The summed E-state index contributed by atoms with van der Waals surface area (Å²) < 4.78 is 0. The summed E-state index contributed by atoms with van der Waals surface area (Å²) in [7, 11) is 0. The molecule has 2 aromatic rings. The molecule has 0 amide bonds. The molecule has 2 unspecified atom stereocenters. The summed E-state index contributed by atoms with van der Waals surface area (Å²) in [6.07, 6.45) is -2.27. The minimum Gasteiger partial charge on any atom is -0.476 e. The van der Waals surface area contributed by atoms with Crippen LogP contribution in [0.15, 0.2) is 18.2 Å². The fraction of sp³-hybridized carbons (Fsp3) is 0.273. The Kier molecular flexibility index (Phi) is 3.51. The van der Waals surface area contributed by atoms with E-state index in [0.717, 1.165) is 0 Å². The largest absolute Gasteiger partial charge is 0.476 e. The van der Waals surface area contributed by atoms with Crippen LogP contribution in [0.1, 0.15) is 22.2 Å². The van der Waals surface area contributed by atoms with Crippen molar-refractivity contribution in [2.45, 2.75) is 12.2 Å². The third-order valence-corrected chi connectivity index (χ3v) is 2.97. The monoisotopic (exact) mass is 270 g/mol. The Morgan fingerprint density at radius 1 is 1.44 bits per heavy atom. The fourth-order valence-electron chi connectivity index (χ4n) is 1.69. The summed E-state index contributed by atoms with van der Waals surface area (Å²) >= 11 is 5.45. The van der Waals surface area contributed by atoms with Crippen molar-refractivity contribution in [1.82, 2.24) is 10.2 Å². The van der Waals surface area contributed by atoms with Crippen molar-refractivity contribution in [2.24, 2.45) is 0 Å². The predicted molar refractivity (Wildman–Crippen MR) is 64.7 cm³/mol. The van der Waals surface area contributed by atoms with Gasteiger partial charge in [0.2, 0.25) is 0 Å². The smallest absolute Gasteiger partial charge is 0.357 e. The van der Waals surface area contributed by atoms with Gasteiger partial charge in [0.25, 0.3) is 0 Å². The van der Waals surface area contributed by atoms with Crippen LogP contribution in [0.2, 0.25) is 0 Å². The molecule has 0 radical (unpaired) electrons. The molecule has 6 nitrogen and oxygen atoms in total. The third kappa shape index (κ3) is 2.17. The molecule has 96 valence electrons. The topological polar surface area (TPSA) is 106 Å². The number of carboxylic acid groups (broad SMARTS) is 1. The highest BCUT2D eigenvalue weighted by molar-refractivity contribution is 6.18. The number of aromatic nitrogens is 2. The third-order valence-electron chi connectivity index (χ3n) is 2.65. The number of aromatic amines is 1. The van der Waals surface area contributed by atoms with Crippen molar-refractivity contribution in [2.75, 3.05) is 5.88 Å². The van der Waals surface area contributed by atoms with Gasteiger partial charge in [0.15, 0.2) is 5.69 Å². The molecule has 0 spiro atoms. The maximum Gasteiger partial charge on any atom is 0.357 e. The molecule has 1 aromatic carbocycles. The van der Waals surface area contributed by atoms with E-state index in [1.165, 1.54) is 6.07 Å². The van der Waals surface area contributed by atoms with E-state index in [4.69, 9.17) is 16.7 Å². The van der Waals surface area contributed by atoms with Crippen LogP contribution in [0.25, 0.3) is 10.9 Å². The van der Waals surface area contributed by atoms with Gasteiger partial charge in [-0.05, 0) is 17.7 Å². The van der Waals surface area contributed by atoms with Gasteiger partial charge < -0.3 is 15.3 Å². The van der Waals surface area contributed by atoms with Crippen molar-refractivity contribution in [1.29, 1.82) is 0 Å². The molecule has 1 heterocycles. The van der Waals surface area contributed by atoms with Crippen LogP contribution in [0.3, 0.4) is 0 Å². The molecule has 18 heavy (non-hydrogen) atoms. The Hall–Kier alpha value is -1.63. The van der Waals surface area contributed by atoms with Crippen LogP contribution in [-0.4, -0.2) is 43.5 Å². The van der Waals surface area contributed by atoms with Crippen molar-refractivity contribution in [3.63, 3.8) is 0 Å². The number of rotatable bonds is 4. The highest BCUT2D eigenvalue weighted by Crippen LogP contribution is 2.24. The molecule has 0 bridgehead atoms. The number of carbonyl (C=O) groups is 1. The van der Waals surface area contributed by atoms with Crippen LogP contribution < -0.4 is 0 Å². The van der Waals surface area contributed by atoms with Gasteiger partial charge in [-0.1, -0.05) is 6.07 Å².